The Labute approximate surface area is 102 Å². The molecule has 1 fully saturated rings. The highest BCUT2D eigenvalue weighted by molar-refractivity contribution is 7.12. The summed E-state index contributed by atoms with van der Waals surface area (Å²) in [6, 6.07) is 4.37. The fraction of sp³-hybridized carbons (Fsp3) is 0.692. The molecule has 2 nitrogen and oxygen atoms in total. The summed E-state index contributed by atoms with van der Waals surface area (Å²) >= 11 is 1.80. The summed E-state index contributed by atoms with van der Waals surface area (Å²) in [7, 11) is 0. The van der Waals surface area contributed by atoms with Crippen LogP contribution in [-0.2, 0) is 4.74 Å². The van der Waals surface area contributed by atoms with Gasteiger partial charge in [-0.2, -0.15) is 0 Å². The van der Waals surface area contributed by atoms with Crippen molar-refractivity contribution in [2.75, 3.05) is 0 Å². The first kappa shape index (κ1) is 12.1. The molecule has 1 aliphatic carbocycles. The number of thiophene rings is 1. The summed E-state index contributed by atoms with van der Waals surface area (Å²) in [5, 5.41) is 0. The lowest BCUT2D eigenvalue weighted by molar-refractivity contribution is -0.0182. The van der Waals surface area contributed by atoms with Crippen molar-refractivity contribution >= 4 is 11.3 Å². The van der Waals surface area contributed by atoms with Crippen molar-refractivity contribution in [3.8, 4) is 0 Å². The lowest BCUT2D eigenvalue weighted by Gasteiger charge is -2.24. The largest absolute Gasteiger partial charge is 0.368 e. The van der Waals surface area contributed by atoms with Crippen molar-refractivity contribution in [2.24, 2.45) is 5.73 Å². The van der Waals surface area contributed by atoms with Gasteiger partial charge in [-0.3, -0.25) is 0 Å². The number of ether oxygens (including phenoxy) is 1. The molecule has 0 spiro atoms. The van der Waals surface area contributed by atoms with Crippen LogP contribution in [0.4, 0.5) is 0 Å². The first-order valence-electron chi connectivity index (χ1n) is 6.14. The zero-order valence-electron chi connectivity index (χ0n) is 10.1. The molecule has 2 atom stereocenters. The minimum absolute atomic E-state index is 0.0682. The Morgan fingerprint density at radius 2 is 2.06 bits per heavy atom. The Hall–Kier alpha value is -0.380. The van der Waals surface area contributed by atoms with E-state index in [0.29, 0.717) is 6.10 Å². The monoisotopic (exact) mass is 239 g/mol. The first-order chi connectivity index (χ1) is 7.66. The maximum absolute atomic E-state index is 6.16. The second-order valence-corrected chi connectivity index (χ2v) is 6.09. The van der Waals surface area contributed by atoms with E-state index in [1.807, 2.05) is 6.92 Å². The highest BCUT2D eigenvalue weighted by atomic mass is 32.1. The summed E-state index contributed by atoms with van der Waals surface area (Å²) in [4.78, 5) is 2.61. The third-order valence-corrected chi connectivity index (χ3v) is 4.22. The minimum atomic E-state index is 0.0682. The SMILES string of the molecule is Cc1ccc(C(OC2CCCC2)C(C)N)s1. The van der Waals surface area contributed by atoms with Crippen LogP contribution in [-0.4, -0.2) is 12.1 Å². The van der Waals surface area contributed by atoms with E-state index in [1.54, 1.807) is 11.3 Å². The van der Waals surface area contributed by atoms with Gasteiger partial charge in [-0.15, -0.1) is 11.3 Å². The minimum Gasteiger partial charge on any atom is -0.368 e. The maximum atomic E-state index is 6.16. The Balaban J connectivity index is 2.04. The summed E-state index contributed by atoms with van der Waals surface area (Å²) < 4.78 is 6.16. The molecular formula is C13H21NOS. The number of aryl methyl sites for hydroxylation is 1. The number of rotatable bonds is 4. The quantitative estimate of drug-likeness (QED) is 0.874. The number of nitrogens with two attached hydrogens (primary N) is 1. The van der Waals surface area contributed by atoms with E-state index in [1.165, 1.54) is 35.4 Å². The van der Waals surface area contributed by atoms with Crippen LogP contribution in [0.2, 0.25) is 0 Å². The summed E-state index contributed by atoms with van der Waals surface area (Å²) in [5.41, 5.74) is 6.04. The molecular weight excluding hydrogens is 218 g/mol. The molecule has 2 rings (SSSR count). The Kier molecular flexibility index (Phi) is 4.00. The van der Waals surface area contributed by atoms with Crippen molar-refractivity contribution < 1.29 is 4.74 Å². The summed E-state index contributed by atoms with van der Waals surface area (Å²) in [6.07, 6.45) is 5.53. The average Bonchev–Trinajstić information content (AvgIpc) is 2.84. The molecule has 0 amide bonds. The fourth-order valence-electron chi connectivity index (χ4n) is 2.29. The normalized spacial score (nSPS) is 21.2. The molecule has 0 aliphatic heterocycles. The van der Waals surface area contributed by atoms with Crippen LogP contribution in [0.5, 0.6) is 0 Å². The molecule has 0 bridgehead atoms. The van der Waals surface area contributed by atoms with Gasteiger partial charge in [-0.25, -0.2) is 0 Å². The highest BCUT2D eigenvalue weighted by Crippen LogP contribution is 2.32. The average molecular weight is 239 g/mol. The second-order valence-electron chi connectivity index (χ2n) is 4.77. The standard InChI is InChI=1S/C13H21NOS/c1-9-7-8-12(16-9)13(10(2)14)15-11-5-3-4-6-11/h7-8,10-11,13H,3-6,14H2,1-2H3. The zero-order valence-corrected chi connectivity index (χ0v) is 10.9. The summed E-state index contributed by atoms with van der Waals surface area (Å²) in [6.45, 7) is 4.16. The number of hydrogen-bond donors (Lipinski definition) is 1. The predicted molar refractivity (Wildman–Crippen MR) is 68.8 cm³/mol. The zero-order chi connectivity index (χ0) is 11.5. The van der Waals surface area contributed by atoms with Crippen molar-refractivity contribution in [2.45, 2.75) is 57.8 Å². The molecule has 0 aromatic carbocycles. The van der Waals surface area contributed by atoms with Crippen LogP contribution in [0.25, 0.3) is 0 Å². The Morgan fingerprint density at radius 1 is 1.38 bits per heavy atom. The number of hydrogen-bond acceptors (Lipinski definition) is 3. The van der Waals surface area contributed by atoms with E-state index in [4.69, 9.17) is 10.5 Å². The van der Waals surface area contributed by atoms with Crippen LogP contribution in [0.15, 0.2) is 12.1 Å². The fourth-order valence-corrected chi connectivity index (χ4v) is 3.32. The van der Waals surface area contributed by atoms with E-state index < -0.39 is 0 Å². The molecule has 16 heavy (non-hydrogen) atoms. The molecule has 0 radical (unpaired) electrons. The van der Waals surface area contributed by atoms with E-state index in [9.17, 15) is 0 Å². The summed E-state index contributed by atoms with van der Waals surface area (Å²) in [5.74, 6) is 0. The van der Waals surface area contributed by atoms with Crippen LogP contribution in [0.3, 0.4) is 0 Å². The van der Waals surface area contributed by atoms with Gasteiger partial charge in [0.2, 0.25) is 0 Å². The third-order valence-electron chi connectivity index (χ3n) is 3.16. The Bertz CT molecular complexity index is 328. The lowest BCUT2D eigenvalue weighted by atomic mass is 10.1. The Morgan fingerprint density at radius 3 is 2.56 bits per heavy atom. The van der Waals surface area contributed by atoms with Gasteiger partial charge in [0, 0.05) is 15.8 Å². The van der Waals surface area contributed by atoms with Gasteiger partial charge in [-0.1, -0.05) is 12.8 Å². The molecule has 3 heteroatoms. The first-order valence-corrected chi connectivity index (χ1v) is 6.96. The predicted octanol–water partition coefficient (Wildman–Crippen LogP) is 3.40. The molecule has 2 N–H and O–H groups in total. The third kappa shape index (κ3) is 2.84. The van der Waals surface area contributed by atoms with E-state index in [-0.39, 0.29) is 12.1 Å². The van der Waals surface area contributed by atoms with E-state index >= 15 is 0 Å². The molecule has 2 unspecified atom stereocenters. The maximum Gasteiger partial charge on any atom is 0.107 e. The van der Waals surface area contributed by atoms with Crippen molar-refractivity contribution in [3.05, 3.63) is 21.9 Å². The molecule has 0 saturated heterocycles. The molecule has 1 saturated carbocycles. The topological polar surface area (TPSA) is 35.2 Å². The molecule has 1 heterocycles. The molecule has 1 aromatic heterocycles. The van der Waals surface area contributed by atoms with Crippen LogP contribution in [0.1, 0.15) is 48.5 Å². The van der Waals surface area contributed by atoms with Gasteiger partial charge < -0.3 is 10.5 Å². The van der Waals surface area contributed by atoms with Crippen molar-refractivity contribution in [1.82, 2.24) is 0 Å². The lowest BCUT2D eigenvalue weighted by Crippen LogP contribution is -2.29. The van der Waals surface area contributed by atoms with Crippen LogP contribution in [0, 0.1) is 6.92 Å². The van der Waals surface area contributed by atoms with Crippen LogP contribution < -0.4 is 5.73 Å². The van der Waals surface area contributed by atoms with Gasteiger partial charge >= 0.3 is 0 Å². The van der Waals surface area contributed by atoms with E-state index in [2.05, 4.69) is 19.1 Å². The van der Waals surface area contributed by atoms with Crippen molar-refractivity contribution in [3.63, 3.8) is 0 Å². The van der Waals surface area contributed by atoms with Crippen LogP contribution >= 0.6 is 11.3 Å². The van der Waals surface area contributed by atoms with E-state index in [0.717, 1.165) is 0 Å². The van der Waals surface area contributed by atoms with Crippen molar-refractivity contribution in [1.29, 1.82) is 0 Å². The highest BCUT2D eigenvalue weighted by Gasteiger charge is 2.25. The molecule has 1 aliphatic rings. The smallest absolute Gasteiger partial charge is 0.107 e. The van der Waals surface area contributed by atoms with Gasteiger partial charge in [0.25, 0.3) is 0 Å². The van der Waals surface area contributed by atoms with Gasteiger partial charge in [-0.05, 0) is 38.8 Å². The molecule has 1 aromatic rings. The van der Waals surface area contributed by atoms with Gasteiger partial charge in [0.1, 0.15) is 6.10 Å². The van der Waals surface area contributed by atoms with Gasteiger partial charge in [0.15, 0.2) is 0 Å². The van der Waals surface area contributed by atoms with Gasteiger partial charge in [0.05, 0.1) is 6.10 Å². The second kappa shape index (κ2) is 5.30. The molecule has 90 valence electrons.